The Morgan fingerprint density at radius 1 is 1.13 bits per heavy atom. The molecule has 4 aliphatic rings. The minimum Gasteiger partial charge on any atom is -0.480 e. The van der Waals surface area contributed by atoms with E-state index >= 15 is 0 Å². The lowest BCUT2D eigenvalue weighted by Gasteiger charge is -2.70. The molecule has 0 spiro atoms. The second-order valence-electron chi connectivity index (χ2n) is 14.9. The van der Waals surface area contributed by atoms with Crippen molar-refractivity contribution in [3.05, 3.63) is 23.0 Å². The van der Waals surface area contributed by atoms with E-state index in [1.54, 1.807) is 20.8 Å². The number of carbonyl (C=O) groups excluding carboxylic acids is 5. The Hall–Kier alpha value is -3.25. The maximum absolute atomic E-state index is 13.7. The van der Waals surface area contributed by atoms with Crippen LogP contribution in [0.15, 0.2) is 23.0 Å². The lowest BCUT2D eigenvalue weighted by atomic mass is 9.36. The van der Waals surface area contributed by atoms with Crippen LogP contribution in [0.25, 0.3) is 0 Å². The van der Waals surface area contributed by atoms with Crippen LogP contribution in [-0.2, 0) is 42.9 Å². The molecule has 3 aliphatic carbocycles. The molecule has 250 valence electrons. The first kappa shape index (κ1) is 34.6. The molecule has 12 nitrogen and oxygen atoms in total. The Morgan fingerprint density at radius 2 is 1.78 bits per heavy atom. The van der Waals surface area contributed by atoms with Crippen molar-refractivity contribution >= 4 is 29.6 Å². The largest absolute Gasteiger partial charge is 0.480 e. The molecule has 3 N–H and O–H groups in total. The quantitative estimate of drug-likeness (QED) is 0.213. The van der Waals surface area contributed by atoms with Crippen molar-refractivity contribution in [1.82, 2.24) is 5.32 Å². The van der Waals surface area contributed by atoms with Crippen molar-refractivity contribution in [2.75, 3.05) is 20.3 Å². The van der Waals surface area contributed by atoms with Crippen molar-refractivity contribution in [2.24, 2.45) is 34.0 Å². The highest BCUT2D eigenvalue weighted by Crippen LogP contribution is 2.71. The molecule has 4 rings (SSSR count). The number of carbonyl (C=O) groups is 5. The van der Waals surface area contributed by atoms with Gasteiger partial charge in [-0.1, -0.05) is 12.5 Å². The van der Waals surface area contributed by atoms with E-state index in [4.69, 9.17) is 18.9 Å². The van der Waals surface area contributed by atoms with E-state index in [1.807, 2.05) is 27.7 Å². The van der Waals surface area contributed by atoms with Crippen LogP contribution in [0, 0.1) is 34.0 Å². The van der Waals surface area contributed by atoms with Crippen molar-refractivity contribution in [3.63, 3.8) is 0 Å². The molecule has 3 fully saturated rings. The number of ether oxygens (including phenoxy) is 4. The first-order chi connectivity index (χ1) is 20.8. The fraction of sp³-hybridized carbons (Fsp3) is 0.727. The number of Topliss-reactive ketones (excluding diaryl/α,β-unsaturated/α-hetero) is 1. The fourth-order valence-electron chi connectivity index (χ4n) is 9.06. The SMILES string of the molecule is COC(=O)C1(C)CC(O)C2C3(C)CC(=O)C(OCC(=O)NC(C)(C)C)=C(C)C3CC3OC(=O)C(OC(=O)C=C(C)C)C1C32CO. The highest BCUT2D eigenvalue weighted by molar-refractivity contribution is 5.96. The van der Waals surface area contributed by atoms with Gasteiger partial charge in [0.1, 0.15) is 6.10 Å². The summed E-state index contributed by atoms with van der Waals surface area (Å²) >= 11 is 0. The molecule has 9 unspecified atom stereocenters. The molecule has 1 amide bonds. The number of methoxy groups -OCH3 is 1. The van der Waals surface area contributed by atoms with Crippen LogP contribution >= 0.6 is 0 Å². The van der Waals surface area contributed by atoms with Crippen molar-refractivity contribution in [3.8, 4) is 0 Å². The van der Waals surface area contributed by atoms with Crippen LogP contribution in [0.2, 0.25) is 0 Å². The van der Waals surface area contributed by atoms with Gasteiger partial charge in [0.15, 0.2) is 18.1 Å². The highest BCUT2D eigenvalue weighted by atomic mass is 16.6. The van der Waals surface area contributed by atoms with Crippen LogP contribution in [0.1, 0.15) is 74.7 Å². The zero-order chi connectivity index (χ0) is 33.9. The van der Waals surface area contributed by atoms with Crippen LogP contribution in [0.4, 0.5) is 0 Å². The maximum Gasteiger partial charge on any atom is 0.348 e. The van der Waals surface area contributed by atoms with Crippen LogP contribution in [0.3, 0.4) is 0 Å². The molecule has 2 saturated carbocycles. The molecule has 0 aromatic heterocycles. The molecule has 0 radical (unpaired) electrons. The molecule has 1 heterocycles. The summed E-state index contributed by atoms with van der Waals surface area (Å²) in [7, 11) is 1.19. The summed E-state index contributed by atoms with van der Waals surface area (Å²) in [6.45, 7) is 13.0. The standard InChI is InChI=1S/C33H47NO11/c1-16(2)10-23(39)45-25-27-32(8,29(41)42-9)13-20(37)26-31(7)12-19(36)24(43-14-22(38)34-30(4,5)6)17(3)18(31)11-21(44-28(25)40)33(26,27)15-35/h10,18,20-21,25-27,35,37H,11-15H2,1-9H3,(H,34,38). The number of allylic oxidation sites excluding steroid dienone is 3. The molecule has 0 bridgehead atoms. The molecule has 45 heavy (non-hydrogen) atoms. The van der Waals surface area contributed by atoms with E-state index in [9.17, 15) is 34.2 Å². The molecule has 9 atom stereocenters. The average Bonchev–Trinajstić information content (AvgIpc) is 2.90. The maximum atomic E-state index is 13.7. The summed E-state index contributed by atoms with van der Waals surface area (Å²) in [4.78, 5) is 66.3. The number of nitrogens with one attached hydrogen (secondary N) is 1. The summed E-state index contributed by atoms with van der Waals surface area (Å²) < 4.78 is 22.6. The van der Waals surface area contributed by atoms with Crippen LogP contribution < -0.4 is 5.32 Å². The summed E-state index contributed by atoms with van der Waals surface area (Å²) in [6.07, 6.45) is -2.78. The van der Waals surface area contributed by atoms with E-state index in [1.165, 1.54) is 20.1 Å². The van der Waals surface area contributed by atoms with Gasteiger partial charge in [0.25, 0.3) is 5.91 Å². The van der Waals surface area contributed by atoms with Crippen molar-refractivity contribution in [1.29, 1.82) is 0 Å². The average molecular weight is 634 g/mol. The number of hydrogen-bond acceptors (Lipinski definition) is 11. The van der Waals surface area contributed by atoms with Gasteiger partial charge < -0.3 is 34.5 Å². The minimum atomic E-state index is -1.59. The zero-order valence-electron chi connectivity index (χ0n) is 27.6. The molecule has 0 aromatic carbocycles. The Balaban J connectivity index is 1.84. The molecular weight excluding hydrogens is 586 g/mol. The number of aliphatic hydroxyl groups is 2. The Kier molecular flexibility index (Phi) is 9.11. The van der Waals surface area contributed by atoms with E-state index in [2.05, 4.69) is 5.32 Å². The number of aliphatic hydroxyl groups excluding tert-OH is 2. The zero-order valence-corrected chi connectivity index (χ0v) is 27.6. The number of hydrogen-bond donors (Lipinski definition) is 3. The topological polar surface area (TPSA) is 175 Å². The highest BCUT2D eigenvalue weighted by Gasteiger charge is 2.77. The second-order valence-corrected chi connectivity index (χ2v) is 14.9. The number of ketones is 1. The van der Waals surface area contributed by atoms with Gasteiger partial charge >= 0.3 is 17.9 Å². The van der Waals surface area contributed by atoms with E-state index in [-0.39, 0.29) is 37.4 Å². The second kappa shape index (κ2) is 11.8. The normalized spacial score (nSPS) is 37.4. The molecule has 0 aromatic rings. The lowest BCUT2D eigenvalue weighted by molar-refractivity contribution is -0.305. The molecular formula is C33H47NO11. The minimum absolute atomic E-state index is 0.0509. The smallest absolute Gasteiger partial charge is 0.348 e. The number of amides is 1. The van der Waals surface area contributed by atoms with E-state index in [0.717, 1.165) is 0 Å². The Labute approximate surface area is 263 Å². The fourth-order valence-corrected chi connectivity index (χ4v) is 9.06. The Bertz CT molecular complexity index is 1340. The van der Waals surface area contributed by atoms with Gasteiger partial charge in [0.05, 0.1) is 25.2 Å². The van der Waals surface area contributed by atoms with Gasteiger partial charge in [-0.15, -0.1) is 0 Å². The number of rotatable bonds is 7. The van der Waals surface area contributed by atoms with Gasteiger partial charge in [-0.3, -0.25) is 14.4 Å². The number of esters is 3. The third-order valence-electron chi connectivity index (χ3n) is 10.3. The molecule has 1 aliphatic heterocycles. The predicted molar refractivity (Wildman–Crippen MR) is 159 cm³/mol. The first-order valence-corrected chi connectivity index (χ1v) is 15.4. The van der Waals surface area contributed by atoms with Gasteiger partial charge in [-0.05, 0) is 78.2 Å². The summed E-state index contributed by atoms with van der Waals surface area (Å²) in [5.41, 5.74) is -3.37. The van der Waals surface area contributed by atoms with Crippen molar-refractivity contribution < 1.29 is 53.1 Å². The van der Waals surface area contributed by atoms with Gasteiger partial charge in [-0.2, -0.15) is 0 Å². The summed E-state index contributed by atoms with van der Waals surface area (Å²) in [5.74, 6) is -5.61. The predicted octanol–water partition coefficient (Wildman–Crippen LogP) is 2.15. The van der Waals surface area contributed by atoms with Gasteiger partial charge in [-0.25, -0.2) is 9.59 Å². The molecule has 12 heteroatoms. The van der Waals surface area contributed by atoms with E-state index in [0.29, 0.717) is 11.1 Å². The summed E-state index contributed by atoms with van der Waals surface area (Å²) in [5, 5.41) is 26.0. The lowest BCUT2D eigenvalue weighted by Crippen LogP contribution is -2.77. The summed E-state index contributed by atoms with van der Waals surface area (Å²) in [6, 6.07) is 0. The van der Waals surface area contributed by atoms with Crippen LogP contribution in [0.5, 0.6) is 0 Å². The Morgan fingerprint density at radius 3 is 2.33 bits per heavy atom. The third kappa shape index (κ3) is 5.68. The number of fused-ring (bicyclic) bond motifs is 2. The first-order valence-electron chi connectivity index (χ1n) is 15.4. The van der Waals surface area contributed by atoms with Crippen molar-refractivity contribution in [2.45, 2.75) is 98.5 Å². The monoisotopic (exact) mass is 633 g/mol. The van der Waals surface area contributed by atoms with Crippen LogP contribution in [-0.4, -0.2) is 84.0 Å². The molecule has 1 saturated heterocycles. The third-order valence-corrected chi connectivity index (χ3v) is 10.3. The van der Waals surface area contributed by atoms with Gasteiger partial charge in [0, 0.05) is 35.3 Å². The van der Waals surface area contributed by atoms with Gasteiger partial charge in [0.2, 0.25) is 6.10 Å². The van der Waals surface area contributed by atoms with E-state index < -0.39 is 88.3 Å².